The Morgan fingerprint density at radius 3 is 2.61 bits per heavy atom. The second-order valence-electron chi connectivity index (χ2n) is 11.6. The van der Waals surface area contributed by atoms with Gasteiger partial charge >= 0.3 is 182 Å². The van der Waals surface area contributed by atoms with Gasteiger partial charge < -0.3 is 0 Å². The molecule has 8 atom stereocenters. The van der Waals surface area contributed by atoms with Crippen LogP contribution in [0.2, 0.25) is 4.82 Å². The summed E-state index contributed by atoms with van der Waals surface area (Å²) in [4.78, 5) is 0.594. The SMILES string of the molecule is CC(C)CCC[C@@H](C)[C@H]1CC[C@H]2[C@@H]3CC([Se])C4=C(CC[C@H](O)C4)[C@H]3CC[C@]12C. The fraction of sp³-hybridized carbons (Fsp3) is 0.923. The van der Waals surface area contributed by atoms with E-state index in [4.69, 9.17) is 0 Å². The molecular formula is C26H43OSe. The Balaban J connectivity index is 1.49. The fourth-order valence-electron chi connectivity index (χ4n) is 8.19. The van der Waals surface area contributed by atoms with E-state index >= 15 is 0 Å². The second kappa shape index (κ2) is 8.39. The Morgan fingerprint density at radius 1 is 1.07 bits per heavy atom. The van der Waals surface area contributed by atoms with Gasteiger partial charge in [-0.15, -0.1) is 0 Å². The summed E-state index contributed by atoms with van der Waals surface area (Å²) >= 11 is 3.53. The van der Waals surface area contributed by atoms with E-state index in [-0.39, 0.29) is 6.10 Å². The third-order valence-electron chi connectivity index (χ3n) is 9.58. The van der Waals surface area contributed by atoms with Crippen LogP contribution < -0.4 is 0 Å². The van der Waals surface area contributed by atoms with Crippen LogP contribution in [0.1, 0.15) is 98.3 Å². The second-order valence-corrected chi connectivity index (χ2v) is 12.8. The van der Waals surface area contributed by atoms with Crippen molar-refractivity contribution in [2.45, 2.75) is 109 Å². The van der Waals surface area contributed by atoms with Crippen LogP contribution in [0.5, 0.6) is 0 Å². The first kappa shape index (κ1) is 21.5. The van der Waals surface area contributed by atoms with E-state index in [1.165, 1.54) is 57.8 Å². The minimum absolute atomic E-state index is 0.0810. The molecule has 1 unspecified atom stereocenters. The zero-order valence-electron chi connectivity index (χ0n) is 18.8. The molecule has 2 saturated carbocycles. The van der Waals surface area contributed by atoms with Crippen LogP contribution in [0.15, 0.2) is 11.1 Å². The maximum atomic E-state index is 10.2. The zero-order chi connectivity index (χ0) is 20.1. The van der Waals surface area contributed by atoms with Crippen molar-refractivity contribution in [1.82, 2.24) is 0 Å². The molecule has 4 aliphatic carbocycles. The van der Waals surface area contributed by atoms with Crippen LogP contribution >= 0.6 is 0 Å². The number of aliphatic hydroxyl groups excluding tert-OH is 1. The topological polar surface area (TPSA) is 20.2 Å². The van der Waals surface area contributed by atoms with E-state index in [1.54, 1.807) is 11.1 Å². The molecule has 0 aliphatic heterocycles. The Labute approximate surface area is 182 Å². The van der Waals surface area contributed by atoms with Crippen molar-refractivity contribution >= 4 is 16.0 Å². The average molecular weight is 451 g/mol. The van der Waals surface area contributed by atoms with Gasteiger partial charge in [-0.3, -0.25) is 0 Å². The molecule has 0 heterocycles. The molecule has 1 N–H and O–H groups in total. The summed E-state index contributed by atoms with van der Waals surface area (Å²) in [5, 5.41) is 10.2. The van der Waals surface area contributed by atoms with E-state index in [2.05, 4.69) is 43.7 Å². The first-order valence-electron chi connectivity index (χ1n) is 12.4. The van der Waals surface area contributed by atoms with E-state index in [0.29, 0.717) is 10.2 Å². The van der Waals surface area contributed by atoms with Crippen molar-refractivity contribution in [3.05, 3.63) is 11.1 Å². The molecule has 0 bridgehead atoms. The predicted octanol–water partition coefficient (Wildman–Crippen LogP) is 6.71. The van der Waals surface area contributed by atoms with Gasteiger partial charge in [-0.25, -0.2) is 0 Å². The first-order valence-corrected chi connectivity index (χ1v) is 13.4. The van der Waals surface area contributed by atoms with Crippen molar-refractivity contribution in [2.75, 3.05) is 0 Å². The van der Waals surface area contributed by atoms with Gasteiger partial charge in [-0.05, 0) is 0 Å². The molecule has 2 heteroatoms. The Hall–Kier alpha value is 0.219. The van der Waals surface area contributed by atoms with Gasteiger partial charge in [0.05, 0.1) is 0 Å². The van der Waals surface area contributed by atoms with Crippen LogP contribution in [0.3, 0.4) is 0 Å². The Morgan fingerprint density at radius 2 is 1.86 bits per heavy atom. The Kier molecular flexibility index (Phi) is 6.43. The van der Waals surface area contributed by atoms with E-state index in [1.807, 2.05) is 0 Å². The van der Waals surface area contributed by atoms with Crippen LogP contribution in [0.25, 0.3) is 0 Å². The number of hydrogen-bond acceptors (Lipinski definition) is 1. The molecule has 1 radical (unpaired) electrons. The molecule has 28 heavy (non-hydrogen) atoms. The molecule has 4 rings (SSSR count). The summed E-state index contributed by atoms with van der Waals surface area (Å²) in [7, 11) is 0. The predicted molar refractivity (Wildman–Crippen MR) is 119 cm³/mol. The minimum atomic E-state index is -0.0810. The zero-order valence-corrected chi connectivity index (χ0v) is 20.5. The third-order valence-corrected chi connectivity index (χ3v) is 10.6. The van der Waals surface area contributed by atoms with Gasteiger partial charge in [0, 0.05) is 0 Å². The van der Waals surface area contributed by atoms with E-state index < -0.39 is 0 Å². The third kappa shape index (κ3) is 3.80. The monoisotopic (exact) mass is 451 g/mol. The normalized spacial score (nSPS) is 44.2. The number of hydrogen-bond donors (Lipinski definition) is 1. The molecule has 0 aromatic heterocycles. The molecule has 0 aromatic carbocycles. The van der Waals surface area contributed by atoms with Crippen molar-refractivity contribution in [2.24, 2.45) is 40.9 Å². The molecular weight excluding hydrogens is 407 g/mol. The van der Waals surface area contributed by atoms with Gasteiger partial charge in [-0.2, -0.15) is 0 Å². The summed E-state index contributed by atoms with van der Waals surface area (Å²) in [6.45, 7) is 10.00. The van der Waals surface area contributed by atoms with Crippen molar-refractivity contribution in [1.29, 1.82) is 0 Å². The quantitative estimate of drug-likeness (QED) is 0.365. The summed E-state index contributed by atoms with van der Waals surface area (Å²) in [6.07, 6.45) is 14.5. The van der Waals surface area contributed by atoms with Gasteiger partial charge in [0.1, 0.15) is 0 Å². The first-order chi connectivity index (χ1) is 13.3. The summed E-state index contributed by atoms with van der Waals surface area (Å²) in [5.74, 6) is 5.41. The van der Waals surface area contributed by atoms with Crippen LogP contribution in [-0.2, 0) is 0 Å². The average Bonchev–Trinajstić information content (AvgIpc) is 2.99. The summed E-state index contributed by atoms with van der Waals surface area (Å²) in [6, 6.07) is 0. The standard InChI is InChI=1S/C26H43OSe/c1-16(2)6-5-7-17(3)23-10-11-24-21-15-25(28)22-14-18(27)8-9-19(22)20(21)12-13-26(23,24)4/h16-18,20-21,23-25,27H,5-15H2,1-4H3/t17-,18+,20-,21-,23-,24+,25?,26-/m1/s1. The molecule has 0 aromatic rings. The van der Waals surface area contributed by atoms with Gasteiger partial charge in [0.15, 0.2) is 0 Å². The molecule has 0 spiro atoms. The van der Waals surface area contributed by atoms with Gasteiger partial charge in [-0.1, -0.05) is 0 Å². The van der Waals surface area contributed by atoms with Crippen molar-refractivity contribution < 1.29 is 5.11 Å². The summed E-state index contributed by atoms with van der Waals surface area (Å²) in [5.41, 5.74) is 4.01. The number of rotatable bonds is 5. The van der Waals surface area contributed by atoms with Crippen LogP contribution in [0, 0.1) is 40.9 Å². The number of fused-ring (bicyclic) bond motifs is 4. The molecule has 4 aliphatic rings. The van der Waals surface area contributed by atoms with E-state index in [9.17, 15) is 5.11 Å². The van der Waals surface area contributed by atoms with E-state index in [0.717, 1.165) is 48.3 Å². The molecule has 1 nitrogen and oxygen atoms in total. The van der Waals surface area contributed by atoms with Crippen molar-refractivity contribution in [3.8, 4) is 0 Å². The van der Waals surface area contributed by atoms with Crippen LogP contribution in [0.4, 0.5) is 0 Å². The van der Waals surface area contributed by atoms with Crippen LogP contribution in [-0.4, -0.2) is 27.2 Å². The molecule has 2 fully saturated rings. The number of aliphatic hydroxyl groups is 1. The number of allylic oxidation sites excluding steroid dienone is 1. The fourth-order valence-corrected chi connectivity index (χ4v) is 9.18. The summed E-state index contributed by atoms with van der Waals surface area (Å²) < 4.78 is 0. The van der Waals surface area contributed by atoms with Gasteiger partial charge in [0.2, 0.25) is 0 Å². The molecule has 0 saturated heterocycles. The van der Waals surface area contributed by atoms with Crippen molar-refractivity contribution in [3.63, 3.8) is 0 Å². The molecule has 159 valence electrons. The maximum absolute atomic E-state index is 10.2. The van der Waals surface area contributed by atoms with Gasteiger partial charge in [0.25, 0.3) is 0 Å². The molecule has 0 amide bonds. The Bertz CT molecular complexity index is 595.